The van der Waals surface area contributed by atoms with Gasteiger partial charge in [-0.05, 0) is 35.2 Å². The minimum absolute atomic E-state index is 0.183. The van der Waals surface area contributed by atoms with E-state index >= 15 is 0 Å². The maximum absolute atomic E-state index is 12.2. The normalized spacial score (nSPS) is 9.95. The predicted molar refractivity (Wildman–Crippen MR) is 82.5 cm³/mol. The van der Waals surface area contributed by atoms with Crippen LogP contribution < -0.4 is 0 Å². The van der Waals surface area contributed by atoms with Gasteiger partial charge in [-0.25, -0.2) is 4.79 Å². The van der Waals surface area contributed by atoms with E-state index in [1.54, 1.807) is 12.1 Å². The quantitative estimate of drug-likeness (QED) is 0.599. The van der Waals surface area contributed by atoms with Crippen molar-refractivity contribution < 1.29 is 9.59 Å². The first-order valence-corrected chi connectivity index (χ1v) is 6.98. The molecular formula is C18H17NO2. The number of aliphatic imine (C=N–C) groups is 1. The fourth-order valence-corrected chi connectivity index (χ4v) is 2.32. The first kappa shape index (κ1) is 14.9. The Balaban J connectivity index is 2.02. The second-order valence-electron chi connectivity index (χ2n) is 4.88. The van der Waals surface area contributed by atoms with E-state index < -0.39 is 0 Å². The Hall–Kier alpha value is -2.51. The lowest BCUT2D eigenvalue weighted by Gasteiger charge is -2.07. The third-order valence-electron chi connectivity index (χ3n) is 3.40. The van der Waals surface area contributed by atoms with Crippen LogP contribution in [0.3, 0.4) is 0 Å². The molecule has 0 aromatic heterocycles. The summed E-state index contributed by atoms with van der Waals surface area (Å²) in [6, 6.07) is 15.1. The average Bonchev–Trinajstić information content (AvgIpc) is 2.50. The number of isocyanates is 1. The van der Waals surface area contributed by atoms with Crippen LogP contribution in [0.4, 0.5) is 5.69 Å². The van der Waals surface area contributed by atoms with Gasteiger partial charge in [-0.1, -0.05) is 43.3 Å². The highest BCUT2D eigenvalue weighted by Crippen LogP contribution is 2.15. The van der Waals surface area contributed by atoms with Crippen molar-refractivity contribution in [2.75, 3.05) is 0 Å². The van der Waals surface area contributed by atoms with Crippen LogP contribution in [-0.2, 0) is 28.9 Å². The molecule has 0 aliphatic carbocycles. The molecule has 0 unspecified atom stereocenters. The first-order valence-electron chi connectivity index (χ1n) is 6.98. The largest absolute Gasteiger partial charge is 0.299 e. The molecule has 0 saturated carbocycles. The predicted octanol–water partition coefficient (Wildman–Crippen LogP) is 3.57. The molecule has 0 fully saturated rings. The summed E-state index contributed by atoms with van der Waals surface area (Å²) < 4.78 is 0. The molecule has 3 nitrogen and oxygen atoms in total. The summed E-state index contributed by atoms with van der Waals surface area (Å²) in [5.41, 5.74) is 3.81. The van der Waals surface area contributed by atoms with Crippen LogP contribution in [0.1, 0.15) is 23.6 Å². The van der Waals surface area contributed by atoms with Crippen molar-refractivity contribution in [3.63, 3.8) is 0 Å². The summed E-state index contributed by atoms with van der Waals surface area (Å²) in [5.74, 6) is 0.183. The van der Waals surface area contributed by atoms with Gasteiger partial charge < -0.3 is 0 Å². The highest BCUT2D eigenvalue weighted by molar-refractivity contribution is 5.83. The minimum atomic E-state index is 0.183. The summed E-state index contributed by atoms with van der Waals surface area (Å²) in [5, 5.41) is 0. The summed E-state index contributed by atoms with van der Waals surface area (Å²) in [6.07, 6.45) is 3.28. The van der Waals surface area contributed by atoms with Gasteiger partial charge in [0.1, 0.15) is 5.78 Å². The highest BCUT2D eigenvalue weighted by Gasteiger charge is 2.08. The van der Waals surface area contributed by atoms with Gasteiger partial charge in [0.15, 0.2) is 0 Å². The Kier molecular flexibility index (Phi) is 5.19. The van der Waals surface area contributed by atoms with Crippen molar-refractivity contribution in [2.45, 2.75) is 26.2 Å². The summed E-state index contributed by atoms with van der Waals surface area (Å²) in [4.78, 5) is 25.9. The average molecular weight is 279 g/mol. The maximum atomic E-state index is 12.2. The monoisotopic (exact) mass is 279 g/mol. The molecule has 0 radical (unpaired) electrons. The van der Waals surface area contributed by atoms with Gasteiger partial charge in [0.2, 0.25) is 6.08 Å². The molecule has 0 aliphatic rings. The second kappa shape index (κ2) is 7.32. The molecule has 0 N–H and O–H groups in total. The van der Waals surface area contributed by atoms with Gasteiger partial charge in [-0.3, -0.25) is 4.79 Å². The molecule has 2 aromatic rings. The van der Waals surface area contributed by atoms with Crippen LogP contribution in [-0.4, -0.2) is 11.9 Å². The second-order valence-corrected chi connectivity index (χ2v) is 4.88. The zero-order chi connectivity index (χ0) is 15.1. The Labute approximate surface area is 124 Å². The molecule has 0 aliphatic heterocycles. The van der Waals surface area contributed by atoms with Crippen molar-refractivity contribution in [3.8, 4) is 0 Å². The van der Waals surface area contributed by atoms with Crippen LogP contribution in [0.2, 0.25) is 0 Å². The van der Waals surface area contributed by atoms with E-state index in [2.05, 4.69) is 18.0 Å². The molecule has 0 bridgehead atoms. The Morgan fingerprint density at radius 1 is 1.00 bits per heavy atom. The molecular weight excluding hydrogens is 262 g/mol. The van der Waals surface area contributed by atoms with Crippen molar-refractivity contribution >= 4 is 17.6 Å². The number of hydrogen-bond donors (Lipinski definition) is 0. The molecule has 106 valence electrons. The number of rotatable bonds is 6. The van der Waals surface area contributed by atoms with E-state index in [4.69, 9.17) is 0 Å². The molecule has 0 amide bonds. The number of Topliss-reactive ketones (excluding diaryl/α,β-unsaturated/α-hetero) is 1. The van der Waals surface area contributed by atoms with Crippen LogP contribution in [0.5, 0.6) is 0 Å². The van der Waals surface area contributed by atoms with E-state index in [0.29, 0.717) is 18.5 Å². The van der Waals surface area contributed by atoms with Gasteiger partial charge in [0, 0.05) is 12.8 Å². The molecule has 21 heavy (non-hydrogen) atoms. The van der Waals surface area contributed by atoms with Crippen molar-refractivity contribution in [3.05, 3.63) is 65.2 Å². The standard InChI is InChI=1S/C18H17NO2/c1-2-15-5-3-4-6-16(15)12-18(21)11-14-7-9-17(10-8-14)19-13-20/h3-10H,2,11-12H2,1H3. The van der Waals surface area contributed by atoms with Crippen LogP contribution >= 0.6 is 0 Å². The Morgan fingerprint density at radius 2 is 1.67 bits per heavy atom. The van der Waals surface area contributed by atoms with Crippen LogP contribution in [0, 0.1) is 0 Å². The molecule has 0 saturated heterocycles. The van der Waals surface area contributed by atoms with Crippen molar-refractivity contribution in [2.24, 2.45) is 4.99 Å². The van der Waals surface area contributed by atoms with Gasteiger partial charge in [0.05, 0.1) is 5.69 Å². The van der Waals surface area contributed by atoms with Crippen LogP contribution in [0.25, 0.3) is 0 Å². The number of carbonyl (C=O) groups is 1. The SMILES string of the molecule is CCc1ccccc1CC(=O)Cc1ccc(N=C=O)cc1. The third kappa shape index (κ3) is 4.23. The summed E-state index contributed by atoms with van der Waals surface area (Å²) in [6.45, 7) is 2.09. The topological polar surface area (TPSA) is 46.5 Å². The number of carbonyl (C=O) groups excluding carboxylic acids is 2. The molecule has 3 heteroatoms. The smallest absolute Gasteiger partial charge is 0.240 e. The van der Waals surface area contributed by atoms with Gasteiger partial charge in [-0.2, -0.15) is 4.99 Å². The van der Waals surface area contributed by atoms with Crippen LogP contribution in [0.15, 0.2) is 53.5 Å². The fourth-order valence-electron chi connectivity index (χ4n) is 2.32. The maximum Gasteiger partial charge on any atom is 0.240 e. The van der Waals surface area contributed by atoms with E-state index in [1.165, 1.54) is 11.6 Å². The van der Waals surface area contributed by atoms with Crippen molar-refractivity contribution in [1.29, 1.82) is 0 Å². The first-order chi connectivity index (χ1) is 10.2. The lowest BCUT2D eigenvalue weighted by molar-refractivity contribution is -0.117. The Bertz CT molecular complexity index is 668. The van der Waals surface area contributed by atoms with Gasteiger partial charge >= 0.3 is 0 Å². The summed E-state index contributed by atoms with van der Waals surface area (Å²) >= 11 is 0. The lowest BCUT2D eigenvalue weighted by atomic mass is 9.97. The van der Waals surface area contributed by atoms with E-state index in [0.717, 1.165) is 17.5 Å². The lowest BCUT2D eigenvalue weighted by Crippen LogP contribution is -2.08. The van der Waals surface area contributed by atoms with E-state index in [-0.39, 0.29) is 5.78 Å². The van der Waals surface area contributed by atoms with Gasteiger partial charge in [0.25, 0.3) is 0 Å². The minimum Gasteiger partial charge on any atom is -0.299 e. The number of nitrogens with zero attached hydrogens (tertiary/aromatic N) is 1. The molecule has 2 rings (SSSR count). The van der Waals surface area contributed by atoms with E-state index in [9.17, 15) is 9.59 Å². The number of hydrogen-bond acceptors (Lipinski definition) is 3. The Morgan fingerprint density at radius 3 is 2.29 bits per heavy atom. The third-order valence-corrected chi connectivity index (χ3v) is 3.40. The van der Waals surface area contributed by atoms with E-state index in [1.807, 2.05) is 30.3 Å². The number of aryl methyl sites for hydroxylation is 1. The highest BCUT2D eigenvalue weighted by atomic mass is 16.1. The summed E-state index contributed by atoms with van der Waals surface area (Å²) in [7, 11) is 0. The van der Waals surface area contributed by atoms with Gasteiger partial charge in [-0.15, -0.1) is 0 Å². The number of benzene rings is 2. The fraction of sp³-hybridized carbons (Fsp3) is 0.222. The van der Waals surface area contributed by atoms with Crippen molar-refractivity contribution in [1.82, 2.24) is 0 Å². The molecule has 0 heterocycles. The molecule has 2 aromatic carbocycles. The zero-order valence-corrected chi connectivity index (χ0v) is 12.0. The molecule has 0 atom stereocenters. The molecule has 0 spiro atoms. The zero-order valence-electron chi connectivity index (χ0n) is 12.0. The number of ketones is 1.